The second-order valence-corrected chi connectivity index (χ2v) is 7.35. The van der Waals surface area contributed by atoms with Gasteiger partial charge < -0.3 is 14.1 Å². The molecule has 3 heterocycles. The van der Waals surface area contributed by atoms with E-state index >= 15 is 0 Å². The second kappa shape index (κ2) is 7.42. The quantitative estimate of drug-likeness (QED) is 0.683. The summed E-state index contributed by atoms with van der Waals surface area (Å²) in [6, 6.07) is 14.0. The van der Waals surface area contributed by atoms with Gasteiger partial charge in [-0.1, -0.05) is 24.3 Å². The fourth-order valence-electron chi connectivity index (χ4n) is 3.36. The van der Waals surface area contributed by atoms with Crippen LogP contribution in [-0.4, -0.2) is 36.6 Å². The molecule has 1 fully saturated rings. The van der Waals surface area contributed by atoms with Crippen molar-refractivity contribution in [2.24, 2.45) is 0 Å². The number of fused-ring (bicyclic) bond motifs is 1. The number of carbonyl (C=O) groups excluding carboxylic acids is 1. The van der Waals surface area contributed by atoms with Crippen LogP contribution in [0.5, 0.6) is 0 Å². The van der Waals surface area contributed by atoms with E-state index in [-0.39, 0.29) is 11.9 Å². The molecule has 0 unspecified atom stereocenters. The topological polar surface area (TPSA) is 42.7 Å². The van der Waals surface area contributed by atoms with Gasteiger partial charge in [0.05, 0.1) is 0 Å². The number of thiophene rings is 1. The highest BCUT2D eigenvalue weighted by atomic mass is 32.1. The van der Waals surface area contributed by atoms with Crippen LogP contribution in [0.3, 0.4) is 0 Å². The van der Waals surface area contributed by atoms with Crippen molar-refractivity contribution < 1.29 is 13.9 Å². The maximum Gasteiger partial charge on any atom is 0.289 e. The smallest absolute Gasteiger partial charge is 0.289 e. The second-order valence-electron chi connectivity index (χ2n) is 6.32. The van der Waals surface area contributed by atoms with E-state index in [0.29, 0.717) is 25.5 Å². The molecular weight excluding hydrogens is 334 g/mol. The maximum atomic E-state index is 13.2. The van der Waals surface area contributed by atoms with Crippen LogP contribution in [0.2, 0.25) is 0 Å². The van der Waals surface area contributed by atoms with Gasteiger partial charge in [0.15, 0.2) is 5.76 Å². The van der Waals surface area contributed by atoms with Crippen LogP contribution in [0.15, 0.2) is 52.3 Å². The molecule has 0 spiro atoms. The highest BCUT2D eigenvalue weighted by molar-refractivity contribution is 7.09. The highest BCUT2D eigenvalue weighted by Gasteiger charge is 2.28. The summed E-state index contributed by atoms with van der Waals surface area (Å²) in [4.78, 5) is 16.5. The average molecular weight is 355 g/mol. The zero-order chi connectivity index (χ0) is 17.1. The number of rotatable bonds is 5. The molecule has 0 bridgehead atoms. The lowest BCUT2D eigenvalue weighted by molar-refractivity contribution is 0.0277. The van der Waals surface area contributed by atoms with E-state index in [4.69, 9.17) is 9.15 Å². The summed E-state index contributed by atoms with van der Waals surface area (Å²) < 4.78 is 11.3. The molecule has 4 nitrogen and oxygen atoms in total. The summed E-state index contributed by atoms with van der Waals surface area (Å²) >= 11 is 1.74. The van der Waals surface area contributed by atoms with Gasteiger partial charge in [-0.15, -0.1) is 11.3 Å². The Labute approximate surface area is 151 Å². The largest absolute Gasteiger partial charge is 0.451 e. The van der Waals surface area contributed by atoms with Gasteiger partial charge in [0, 0.05) is 36.1 Å². The molecule has 2 aromatic heterocycles. The maximum absolute atomic E-state index is 13.2. The Morgan fingerprint density at radius 2 is 2.00 bits per heavy atom. The van der Waals surface area contributed by atoms with E-state index in [1.165, 1.54) is 4.88 Å². The lowest BCUT2D eigenvalue weighted by atomic mass is 10.1. The Kier molecular flexibility index (Phi) is 4.85. The highest BCUT2D eigenvalue weighted by Crippen LogP contribution is 2.24. The van der Waals surface area contributed by atoms with Crippen molar-refractivity contribution in [2.75, 3.05) is 19.8 Å². The van der Waals surface area contributed by atoms with E-state index in [1.807, 2.05) is 35.2 Å². The predicted molar refractivity (Wildman–Crippen MR) is 99.1 cm³/mol. The Morgan fingerprint density at radius 1 is 1.16 bits per heavy atom. The summed E-state index contributed by atoms with van der Waals surface area (Å²) in [6.07, 6.45) is 2.65. The summed E-state index contributed by atoms with van der Waals surface area (Å²) in [5.41, 5.74) is 0.760. The van der Waals surface area contributed by atoms with Crippen LogP contribution in [0, 0.1) is 0 Å². The van der Waals surface area contributed by atoms with Gasteiger partial charge in [-0.25, -0.2) is 0 Å². The number of hydrogen-bond acceptors (Lipinski definition) is 4. The van der Waals surface area contributed by atoms with Crippen LogP contribution in [0.1, 0.15) is 28.3 Å². The molecule has 0 aliphatic carbocycles. The molecule has 25 heavy (non-hydrogen) atoms. The zero-order valence-corrected chi connectivity index (χ0v) is 14.8. The van der Waals surface area contributed by atoms with Gasteiger partial charge in [0.1, 0.15) is 5.58 Å². The SMILES string of the molecule is O=C(c1cc2ccccc2o1)N(CCc1cccs1)C1CCOCC1. The molecule has 130 valence electrons. The Morgan fingerprint density at radius 3 is 2.76 bits per heavy atom. The number of ether oxygens (including phenoxy) is 1. The Balaban J connectivity index is 1.57. The summed E-state index contributed by atoms with van der Waals surface area (Å²) in [6.45, 7) is 2.14. The van der Waals surface area contributed by atoms with Gasteiger partial charge in [-0.2, -0.15) is 0 Å². The molecule has 0 N–H and O–H groups in total. The molecule has 1 aliphatic heterocycles. The van der Waals surface area contributed by atoms with E-state index in [9.17, 15) is 4.79 Å². The van der Waals surface area contributed by atoms with E-state index in [2.05, 4.69) is 17.5 Å². The van der Waals surface area contributed by atoms with E-state index < -0.39 is 0 Å². The molecule has 1 amide bonds. The predicted octanol–water partition coefficient (Wildman–Crippen LogP) is 4.36. The third-order valence-electron chi connectivity index (χ3n) is 4.71. The van der Waals surface area contributed by atoms with Crippen molar-refractivity contribution in [3.05, 3.63) is 58.5 Å². The average Bonchev–Trinajstić information content (AvgIpc) is 3.32. The van der Waals surface area contributed by atoms with E-state index in [0.717, 1.165) is 30.2 Å². The number of nitrogens with zero attached hydrogens (tertiary/aromatic N) is 1. The van der Waals surface area contributed by atoms with Crippen LogP contribution in [-0.2, 0) is 11.2 Å². The first-order valence-electron chi connectivity index (χ1n) is 8.71. The van der Waals surface area contributed by atoms with Crippen molar-refractivity contribution in [3.8, 4) is 0 Å². The molecule has 1 aromatic carbocycles. The van der Waals surface area contributed by atoms with Crippen LogP contribution in [0.4, 0.5) is 0 Å². The molecule has 4 rings (SSSR count). The minimum absolute atomic E-state index is 0.0142. The van der Waals surface area contributed by atoms with Crippen LogP contribution in [0.25, 0.3) is 11.0 Å². The lowest BCUT2D eigenvalue weighted by Crippen LogP contribution is -2.44. The van der Waals surface area contributed by atoms with Crippen molar-refractivity contribution in [1.29, 1.82) is 0 Å². The first-order chi connectivity index (χ1) is 12.3. The first kappa shape index (κ1) is 16.4. The number of carbonyl (C=O) groups is 1. The molecule has 3 aromatic rings. The van der Waals surface area contributed by atoms with Gasteiger partial charge in [-0.05, 0) is 42.8 Å². The third kappa shape index (κ3) is 3.62. The molecule has 5 heteroatoms. The minimum atomic E-state index is -0.0142. The molecule has 0 atom stereocenters. The number of para-hydroxylation sites is 1. The van der Waals surface area contributed by atoms with Crippen molar-refractivity contribution in [1.82, 2.24) is 4.90 Å². The van der Waals surface area contributed by atoms with Gasteiger partial charge in [-0.3, -0.25) is 4.79 Å². The summed E-state index contributed by atoms with van der Waals surface area (Å²) in [7, 11) is 0. The minimum Gasteiger partial charge on any atom is -0.451 e. The Bertz CT molecular complexity index is 801. The fraction of sp³-hybridized carbons (Fsp3) is 0.350. The number of hydrogen-bond donors (Lipinski definition) is 0. The zero-order valence-electron chi connectivity index (χ0n) is 14.0. The van der Waals surface area contributed by atoms with Crippen molar-refractivity contribution in [2.45, 2.75) is 25.3 Å². The normalized spacial score (nSPS) is 15.5. The summed E-state index contributed by atoms with van der Waals surface area (Å²) in [5, 5.41) is 3.05. The lowest BCUT2D eigenvalue weighted by Gasteiger charge is -2.33. The summed E-state index contributed by atoms with van der Waals surface area (Å²) in [5.74, 6) is 0.415. The number of benzene rings is 1. The van der Waals surface area contributed by atoms with Crippen LogP contribution >= 0.6 is 11.3 Å². The monoisotopic (exact) mass is 355 g/mol. The van der Waals surface area contributed by atoms with Crippen LogP contribution < -0.4 is 0 Å². The third-order valence-corrected chi connectivity index (χ3v) is 5.64. The first-order valence-corrected chi connectivity index (χ1v) is 9.59. The van der Waals surface area contributed by atoms with Crippen molar-refractivity contribution in [3.63, 3.8) is 0 Å². The number of furan rings is 1. The van der Waals surface area contributed by atoms with Crippen molar-refractivity contribution >= 4 is 28.2 Å². The molecule has 0 radical (unpaired) electrons. The molecule has 0 saturated carbocycles. The van der Waals surface area contributed by atoms with Gasteiger partial charge in [0.2, 0.25) is 0 Å². The van der Waals surface area contributed by atoms with E-state index in [1.54, 1.807) is 11.3 Å². The Hall–Kier alpha value is -2.11. The fourth-order valence-corrected chi connectivity index (χ4v) is 4.06. The molecular formula is C20H21NO3S. The number of amides is 1. The van der Waals surface area contributed by atoms with Gasteiger partial charge >= 0.3 is 0 Å². The molecule has 1 saturated heterocycles. The van der Waals surface area contributed by atoms with Gasteiger partial charge in [0.25, 0.3) is 5.91 Å². The molecule has 1 aliphatic rings. The standard InChI is InChI=1S/C20H21NO3S/c22-20(19-14-15-4-1-2-6-18(15)24-19)21(16-8-11-23-12-9-16)10-7-17-5-3-13-25-17/h1-6,13-14,16H,7-12H2.